The Labute approximate surface area is 114 Å². The molecule has 0 bridgehead atoms. The molecule has 1 aliphatic heterocycles. The van der Waals surface area contributed by atoms with E-state index in [0.717, 1.165) is 19.4 Å². The molecule has 17 heavy (non-hydrogen) atoms. The lowest BCUT2D eigenvalue weighted by molar-refractivity contribution is -0.117. The molecule has 1 saturated heterocycles. The number of benzene rings is 1. The van der Waals surface area contributed by atoms with Crippen LogP contribution in [0.1, 0.15) is 12.8 Å². The first-order valence-corrected chi connectivity index (χ1v) is 5.95. The molecule has 0 aliphatic carbocycles. The summed E-state index contributed by atoms with van der Waals surface area (Å²) in [7, 11) is 0. The first-order chi connectivity index (χ1) is 7.66. The number of anilines is 1. The van der Waals surface area contributed by atoms with Crippen LogP contribution in [0.2, 0.25) is 0 Å². The number of hydrogen-bond donors (Lipinski definition) is 2. The Bertz CT molecular complexity index is 410. The van der Waals surface area contributed by atoms with Crippen molar-refractivity contribution in [3.05, 3.63) is 28.5 Å². The highest BCUT2D eigenvalue weighted by atomic mass is 79.9. The van der Waals surface area contributed by atoms with Crippen molar-refractivity contribution in [2.24, 2.45) is 0 Å². The van der Waals surface area contributed by atoms with Gasteiger partial charge in [0.15, 0.2) is 0 Å². The zero-order valence-corrected chi connectivity index (χ0v) is 11.4. The molecule has 0 spiro atoms. The molecule has 0 unspecified atom stereocenters. The fourth-order valence-electron chi connectivity index (χ4n) is 1.71. The lowest BCUT2D eigenvalue weighted by Crippen LogP contribution is -2.35. The van der Waals surface area contributed by atoms with Gasteiger partial charge in [0.25, 0.3) is 0 Å². The van der Waals surface area contributed by atoms with Gasteiger partial charge in [0, 0.05) is 5.69 Å². The molecular formula is C11H13BrClFN2O. The third kappa shape index (κ3) is 3.66. The normalized spacial score (nSPS) is 18.6. The fraction of sp³-hybridized carbons (Fsp3) is 0.364. The average molecular weight is 324 g/mol. The van der Waals surface area contributed by atoms with Crippen LogP contribution in [0.5, 0.6) is 0 Å². The summed E-state index contributed by atoms with van der Waals surface area (Å²) in [4.78, 5) is 11.7. The van der Waals surface area contributed by atoms with Gasteiger partial charge in [-0.25, -0.2) is 4.39 Å². The molecule has 0 radical (unpaired) electrons. The molecular weight excluding hydrogens is 310 g/mol. The maximum Gasteiger partial charge on any atom is 0.241 e. The minimum Gasteiger partial charge on any atom is -0.325 e. The quantitative estimate of drug-likeness (QED) is 0.878. The topological polar surface area (TPSA) is 41.1 Å². The van der Waals surface area contributed by atoms with Crippen molar-refractivity contribution in [3.8, 4) is 0 Å². The fourth-order valence-corrected chi connectivity index (χ4v) is 2.09. The summed E-state index contributed by atoms with van der Waals surface area (Å²) in [6, 6.07) is 4.31. The number of hydrogen-bond acceptors (Lipinski definition) is 2. The number of halogens is 3. The number of carbonyl (C=O) groups excluding carboxylic acids is 1. The number of rotatable bonds is 2. The standard InChI is InChI=1S/C11H12BrFN2O.ClH/c12-8-6-7(3-4-9(8)13)15-11(16)10-2-1-5-14-10;/h3-4,6,10,14H,1-2,5H2,(H,15,16);1H/t10-;/m0./s1. The average Bonchev–Trinajstić information content (AvgIpc) is 2.77. The van der Waals surface area contributed by atoms with E-state index in [2.05, 4.69) is 26.6 Å². The molecule has 94 valence electrons. The molecule has 1 aromatic rings. The maximum absolute atomic E-state index is 13.0. The van der Waals surface area contributed by atoms with Crippen molar-refractivity contribution in [1.82, 2.24) is 5.32 Å². The van der Waals surface area contributed by atoms with E-state index >= 15 is 0 Å². The van der Waals surface area contributed by atoms with Crippen molar-refractivity contribution in [3.63, 3.8) is 0 Å². The zero-order valence-electron chi connectivity index (χ0n) is 9.00. The summed E-state index contributed by atoms with van der Waals surface area (Å²) in [5.41, 5.74) is 0.604. The van der Waals surface area contributed by atoms with Gasteiger partial charge in [-0.3, -0.25) is 4.79 Å². The third-order valence-electron chi connectivity index (χ3n) is 2.56. The van der Waals surface area contributed by atoms with Gasteiger partial charge in [-0.15, -0.1) is 12.4 Å². The van der Waals surface area contributed by atoms with E-state index in [1.807, 2.05) is 0 Å². The smallest absolute Gasteiger partial charge is 0.241 e. The van der Waals surface area contributed by atoms with Crippen LogP contribution in [-0.2, 0) is 4.79 Å². The maximum atomic E-state index is 13.0. The molecule has 1 atom stereocenters. The van der Waals surface area contributed by atoms with Crippen molar-refractivity contribution >= 4 is 39.9 Å². The molecule has 1 aromatic carbocycles. The lowest BCUT2D eigenvalue weighted by Gasteiger charge is -2.11. The highest BCUT2D eigenvalue weighted by molar-refractivity contribution is 9.10. The predicted molar refractivity (Wildman–Crippen MR) is 71.0 cm³/mol. The van der Waals surface area contributed by atoms with Crippen LogP contribution in [-0.4, -0.2) is 18.5 Å². The SMILES string of the molecule is Cl.O=C(Nc1ccc(F)c(Br)c1)[C@@H]1CCCN1. The molecule has 3 nitrogen and oxygen atoms in total. The number of carbonyl (C=O) groups is 1. The van der Waals surface area contributed by atoms with E-state index in [1.54, 1.807) is 12.1 Å². The van der Waals surface area contributed by atoms with E-state index in [4.69, 9.17) is 0 Å². The molecule has 1 heterocycles. The van der Waals surface area contributed by atoms with Gasteiger partial charge in [-0.1, -0.05) is 0 Å². The lowest BCUT2D eigenvalue weighted by atomic mass is 10.2. The third-order valence-corrected chi connectivity index (χ3v) is 3.17. The minimum atomic E-state index is -0.336. The van der Waals surface area contributed by atoms with Crippen LogP contribution < -0.4 is 10.6 Å². The Balaban J connectivity index is 0.00000144. The molecule has 1 aliphatic rings. The van der Waals surface area contributed by atoms with E-state index in [-0.39, 0.29) is 30.2 Å². The Morgan fingerprint density at radius 2 is 2.29 bits per heavy atom. The van der Waals surface area contributed by atoms with Crippen molar-refractivity contribution in [2.45, 2.75) is 18.9 Å². The Morgan fingerprint density at radius 3 is 2.88 bits per heavy atom. The van der Waals surface area contributed by atoms with E-state index in [9.17, 15) is 9.18 Å². The number of nitrogens with one attached hydrogen (secondary N) is 2. The predicted octanol–water partition coefficient (Wildman–Crippen LogP) is 2.70. The molecule has 0 saturated carbocycles. The van der Waals surface area contributed by atoms with Gasteiger partial charge in [0.05, 0.1) is 10.5 Å². The van der Waals surface area contributed by atoms with Crippen LogP contribution in [0, 0.1) is 5.82 Å². The first-order valence-electron chi connectivity index (χ1n) is 5.16. The Hall–Kier alpha value is -0.650. The van der Waals surface area contributed by atoms with Crippen LogP contribution in [0.25, 0.3) is 0 Å². The minimum absolute atomic E-state index is 0. The van der Waals surface area contributed by atoms with Gasteiger partial charge in [0.2, 0.25) is 5.91 Å². The van der Waals surface area contributed by atoms with Gasteiger partial charge >= 0.3 is 0 Å². The molecule has 1 fully saturated rings. The highest BCUT2D eigenvalue weighted by Crippen LogP contribution is 2.20. The summed E-state index contributed by atoms with van der Waals surface area (Å²) in [6.07, 6.45) is 1.87. The molecule has 2 N–H and O–H groups in total. The monoisotopic (exact) mass is 322 g/mol. The van der Waals surface area contributed by atoms with Crippen molar-refractivity contribution < 1.29 is 9.18 Å². The van der Waals surface area contributed by atoms with Crippen molar-refractivity contribution in [1.29, 1.82) is 0 Å². The van der Waals surface area contributed by atoms with Gasteiger partial charge in [-0.2, -0.15) is 0 Å². The summed E-state index contributed by atoms with van der Waals surface area (Å²) < 4.78 is 13.3. The summed E-state index contributed by atoms with van der Waals surface area (Å²) in [6.45, 7) is 0.880. The molecule has 2 rings (SSSR count). The first kappa shape index (κ1) is 14.4. The van der Waals surface area contributed by atoms with Crippen LogP contribution in [0.4, 0.5) is 10.1 Å². The van der Waals surface area contributed by atoms with Crippen molar-refractivity contribution in [2.75, 3.05) is 11.9 Å². The summed E-state index contributed by atoms with van der Waals surface area (Å²) in [5.74, 6) is -0.395. The van der Waals surface area contributed by atoms with Crippen LogP contribution in [0.3, 0.4) is 0 Å². The largest absolute Gasteiger partial charge is 0.325 e. The van der Waals surface area contributed by atoms with Crippen LogP contribution in [0.15, 0.2) is 22.7 Å². The van der Waals surface area contributed by atoms with Crippen LogP contribution >= 0.6 is 28.3 Å². The van der Waals surface area contributed by atoms with Gasteiger partial charge in [0.1, 0.15) is 5.82 Å². The Morgan fingerprint density at radius 1 is 1.53 bits per heavy atom. The van der Waals surface area contributed by atoms with E-state index in [0.29, 0.717) is 10.2 Å². The Kier molecular flexibility index (Phi) is 5.36. The second-order valence-corrected chi connectivity index (χ2v) is 4.62. The second-order valence-electron chi connectivity index (χ2n) is 3.77. The van der Waals surface area contributed by atoms with E-state index < -0.39 is 0 Å². The second kappa shape index (κ2) is 6.33. The summed E-state index contributed by atoms with van der Waals surface area (Å²) >= 11 is 3.08. The van der Waals surface area contributed by atoms with Gasteiger partial charge < -0.3 is 10.6 Å². The zero-order chi connectivity index (χ0) is 11.5. The van der Waals surface area contributed by atoms with Gasteiger partial charge in [-0.05, 0) is 53.5 Å². The molecule has 1 amide bonds. The summed E-state index contributed by atoms with van der Waals surface area (Å²) in [5, 5.41) is 5.86. The van der Waals surface area contributed by atoms with E-state index in [1.165, 1.54) is 6.07 Å². The molecule has 6 heteroatoms. The highest BCUT2D eigenvalue weighted by Gasteiger charge is 2.21. The molecule has 0 aromatic heterocycles. The number of amides is 1.